The van der Waals surface area contributed by atoms with Gasteiger partial charge >= 0.3 is 0 Å². The summed E-state index contributed by atoms with van der Waals surface area (Å²) >= 11 is 0. The van der Waals surface area contributed by atoms with Gasteiger partial charge in [-0.25, -0.2) is 0 Å². The molecule has 2 N–H and O–H groups in total. The van der Waals surface area contributed by atoms with Crippen LogP contribution in [0.5, 0.6) is 0 Å². The highest BCUT2D eigenvalue weighted by molar-refractivity contribution is 6.03. The van der Waals surface area contributed by atoms with E-state index in [1.807, 2.05) is 13.8 Å². The summed E-state index contributed by atoms with van der Waals surface area (Å²) in [6.45, 7) is 4.00. The van der Waals surface area contributed by atoms with Crippen molar-refractivity contribution in [2.24, 2.45) is 0 Å². The summed E-state index contributed by atoms with van der Waals surface area (Å²) in [5.41, 5.74) is 1.51. The molecule has 1 aliphatic heterocycles. The Labute approximate surface area is 197 Å². The number of imide groups is 1. The van der Waals surface area contributed by atoms with Gasteiger partial charge in [-0.15, -0.1) is 0 Å². The molecule has 1 atom stereocenters. The Bertz CT molecular complexity index is 1050. The average molecular weight is 472 g/mol. The summed E-state index contributed by atoms with van der Waals surface area (Å²) in [6.07, 6.45) is 1.99. The van der Waals surface area contributed by atoms with Gasteiger partial charge in [0.1, 0.15) is 6.04 Å². The minimum atomic E-state index is -0.787. The highest BCUT2D eigenvalue weighted by Crippen LogP contribution is 2.18. The van der Waals surface area contributed by atoms with Crippen LogP contribution < -0.4 is 5.32 Å². The van der Waals surface area contributed by atoms with Gasteiger partial charge in [-0.05, 0) is 12.0 Å². The Kier molecular flexibility index (Phi) is 9.62. The number of carbonyl (C=O) groups is 4. The molecular formula is C23H29N5O6. The number of nitrogens with one attached hydrogen (secondary N) is 1. The molecule has 1 aromatic heterocycles. The molecule has 1 aliphatic rings. The van der Waals surface area contributed by atoms with Gasteiger partial charge in [-0.3, -0.25) is 24.5 Å². The fourth-order valence-electron chi connectivity index (χ4n) is 3.16. The van der Waals surface area contributed by atoms with E-state index in [0.29, 0.717) is 17.7 Å². The third kappa shape index (κ3) is 6.58. The molecule has 182 valence electrons. The van der Waals surface area contributed by atoms with Gasteiger partial charge in [-0.2, -0.15) is 4.98 Å². The molecule has 34 heavy (non-hydrogen) atoms. The average Bonchev–Trinajstić information content (AvgIpc) is 3.31. The lowest BCUT2D eigenvalue weighted by Gasteiger charge is -2.29. The number of rotatable bonds is 8. The van der Waals surface area contributed by atoms with E-state index < -0.39 is 17.9 Å². The molecular weight excluding hydrogens is 442 g/mol. The molecule has 1 saturated heterocycles. The summed E-state index contributed by atoms with van der Waals surface area (Å²) in [4.78, 5) is 54.4. The van der Waals surface area contributed by atoms with Crippen LogP contribution >= 0.6 is 0 Å². The monoisotopic (exact) mass is 471 g/mol. The van der Waals surface area contributed by atoms with Crippen molar-refractivity contribution in [3.8, 4) is 11.4 Å². The van der Waals surface area contributed by atoms with E-state index in [4.69, 9.17) is 9.63 Å². The molecule has 2 heterocycles. The smallest absolute Gasteiger partial charge is 0.249 e. The normalized spacial score (nSPS) is 15.7. The lowest BCUT2D eigenvalue weighted by atomic mass is 10.0. The van der Waals surface area contributed by atoms with Crippen molar-refractivity contribution in [1.29, 1.82) is 0 Å². The van der Waals surface area contributed by atoms with Gasteiger partial charge in [0, 0.05) is 32.2 Å². The maximum atomic E-state index is 12.6. The van der Waals surface area contributed by atoms with Crippen LogP contribution in [-0.4, -0.2) is 69.2 Å². The number of allylic oxidation sites excluding steroid dienone is 1. The second-order valence-electron chi connectivity index (χ2n) is 7.33. The van der Waals surface area contributed by atoms with E-state index in [1.54, 1.807) is 31.3 Å². The van der Waals surface area contributed by atoms with Gasteiger partial charge in [0.2, 0.25) is 29.4 Å². The predicted molar refractivity (Wildman–Crippen MR) is 122 cm³/mol. The Hall–Kier alpha value is -3.86. The highest BCUT2D eigenvalue weighted by atomic mass is 16.5. The lowest BCUT2D eigenvalue weighted by Crippen LogP contribution is -2.52. The molecule has 3 amide bonds. The van der Waals surface area contributed by atoms with E-state index in [1.165, 1.54) is 16.8 Å². The van der Waals surface area contributed by atoms with Crippen molar-refractivity contribution in [2.75, 3.05) is 14.1 Å². The SMILES string of the molecule is CC.CN(Cc1nc(-c2ccc(CO)cc2)no1)/C(C=O)=C/C(=O)N(C)C1CCC(=O)NC1=O. The molecule has 11 heteroatoms. The van der Waals surface area contributed by atoms with E-state index in [-0.39, 0.29) is 43.5 Å². The number of aliphatic hydroxyl groups is 1. The number of benzene rings is 1. The van der Waals surface area contributed by atoms with E-state index in [0.717, 1.165) is 11.6 Å². The molecule has 0 aliphatic carbocycles. The quantitative estimate of drug-likeness (QED) is 0.327. The Balaban J connectivity index is 0.00000199. The van der Waals surface area contributed by atoms with E-state index in [2.05, 4.69) is 15.5 Å². The van der Waals surface area contributed by atoms with Crippen LogP contribution in [0.1, 0.15) is 38.1 Å². The van der Waals surface area contributed by atoms with Crippen LogP contribution in [0.4, 0.5) is 0 Å². The first-order valence-electron chi connectivity index (χ1n) is 10.8. The summed E-state index contributed by atoms with van der Waals surface area (Å²) < 4.78 is 5.24. The fraction of sp³-hybridized carbons (Fsp3) is 0.391. The third-order valence-corrected chi connectivity index (χ3v) is 5.09. The number of carbonyl (C=O) groups excluding carboxylic acids is 4. The number of piperidine rings is 1. The Morgan fingerprint density at radius 2 is 1.91 bits per heavy atom. The van der Waals surface area contributed by atoms with Crippen LogP contribution in [0, 0.1) is 0 Å². The van der Waals surface area contributed by atoms with Gasteiger partial charge < -0.3 is 19.4 Å². The molecule has 0 radical (unpaired) electrons. The fourth-order valence-corrected chi connectivity index (χ4v) is 3.16. The molecule has 1 fully saturated rings. The number of amides is 3. The van der Waals surface area contributed by atoms with Crippen LogP contribution in [0.15, 0.2) is 40.6 Å². The number of likely N-dealkylation sites (N-methyl/N-ethyl adjacent to an activating group) is 2. The molecule has 1 unspecified atom stereocenters. The van der Waals surface area contributed by atoms with E-state index >= 15 is 0 Å². The van der Waals surface area contributed by atoms with Crippen LogP contribution in [0.2, 0.25) is 0 Å². The summed E-state index contributed by atoms with van der Waals surface area (Å²) in [7, 11) is 3.02. The van der Waals surface area contributed by atoms with Crippen LogP contribution in [0.25, 0.3) is 11.4 Å². The third-order valence-electron chi connectivity index (χ3n) is 5.09. The number of aldehydes is 1. The number of nitrogens with zero attached hydrogens (tertiary/aromatic N) is 4. The van der Waals surface area contributed by atoms with Crippen molar-refractivity contribution in [2.45, 2.75) is 45.9 Å². The zero-order chi connectivity index (χ0) is 25.3. The maximum Gasteiger partial charge on any atom is 0.249 e. The van der Waals surface area contributed by atoms with Gasteiger partial charge in [-0.1, -0.05) is 43.3 Å². The number of hydrogen-bond donors (Lipinski definition) is 2. The highest BCUT2D eigenvalue weighted by Gasteiger charge is 2.31. The van der Waals surface area contributed by atoms with E-state index in [9.17, 15) is 19.2 Å². The zero-order valence-electron chi connectivity index (χ0n) is 19.6. The minimum Gasteiger partial charge on any atom is -0.392 e. The number of aromatic nitrogens is 2. The predicted octanol–water partition coefficient (Wildman–Crippen LogP) is 1.03. The molecule has 0 bridgehead atoms. The topological polar surface area (TPSA) is 146 Å². The molecule has 2 aromatic rings. The standard InChI is InChI=1S/C21H23N5O6.C2H6/c1-25(10-18-23-20(24-32-18)14-5-3-13(11-27)4-6-14)15(12-28)9-19(30)26(2)16-7-8-17(29)22-21(16)31;1-2/h3-6,9,12,16,27H,7-8,10-11H2,1-2H3,(H,22,29,31);1-2H3/b15-9+;. The van der Waals surface area contributed by atoms with Crippen LogP contribution in [-0.2, 0) is 32.3 Å². The zero-order valence-corrected chi connectivity index (χ0v) is 19.6. The number of hydrogen-bond acceptors (Lipinski definition) is 9. The molecule has 0 spiro atoms. The van der Waals surface area contributed by atoms with Crippen molar-refractivity contribution in [1.82, 2.24) is 25.3 Å². The van der Waals surface area contributed by atoms with Gasteiger partial charge in [0.15, 0.2) is 6.29 Å². The maximum absolute atomic E-state index is 12.6. The molecule has 0 saturated carbocycles. The molecule has 3 rings (SSSR count). The lowest BCUT2D eigenvalue weighted by molar-refractivity contribution is -0.142. The van der Waals surface area contributed by atoms with Crippen molar-refractivity contribution in [3.05, 3.63) is 47.5 Å². The molecule has 1 aromatic carbocycles. The first kappa shape index (κ1) is 26.4. The van der Waals surface area contributed by atoms with Crippen molar-refractivity contribution >= 4 is 24.0 Å². The Morgan fingerprint density at radius 3 is 2.50 bits per heavy atom. The summed E-state index contributed by atoms with van der Waals surface area (Å²) in [5.74, 6) is -0.893. The van der Waals surface area contributed by atoms with Crippen LogP contribution in [0.3, 0.4) is 0 Å². The second-order valence-corrected chi connectivity index (χ2v) is 7.33. The number of aliphatic hydroxyl groups excluding tert-OH is 1. The first-order valence-corrected chi connectivity index (χ1v) is 10.8. The summed E-state index contributed by atoms with van der Waals surface area (Å²) in [6, 6.07) is 6.21. The van der Waals surface area contributed by atoms with Gasteiger partial charge in [0.25, 0.3) is 0 Å². The molecule has 11 nitrogen and oxygen atoms in total. The Morgan fingerprint density at radius 1 is 1.24 bits per heavy atom. The first-order chi connectivity index (χ1) is 16.3. The second kappa shape index (κ2) is 12.4. The van der Waals surface area contributed by atoms with Crippen molar-refractivity contribution < 1.29 is 28.8 Å². The van der Waals surface area contributed by atoms with Crippen molar-refractivity contribution in [3.63, 3.8) is 0 Å². The minimum absolute atomic E-state index is 0.0567. The summed E-state index contributed by atoms with van der Waals surface area (Å²) in [5, 5.41) is 15.2. The largest absolute Gasteiger partial charge is 0.392 e. The van der Waals surface area contributed by atoms with Gasteiger partial charge in [0.05, 0.1) is 18.8 Å².